The number of benzene rings is 2. The Labute approximate surface area is 123 Å². The van der Waals surface area contributed by atoms with Crippen LogP contribution in [0.15, 0.2) is 42.5 Å². The fourth-order valence-corrected chi connectivity index (χ4v) is 2.09. The monoisotopic (exact) mass is 288 g/mol. The van der Waals surface area contributed by atoms with Crippen molar-refractivity contribution >= 4 is 28.9 Å². The lowest BCUT2D eigenvalue weighted by molar-refractivity contribution is -0.116. The number of nitrogen functional groups attached to an aromatic ring is 1. The van der Waals surface area contributed by atoms with E-state index in [0.29, 0.717) is 29.2 Å². The summed E-state index contributed by atoms with van der Waals surface area (Å²) in [6.45, 7) is 2.04. The predicted molar refractivity (Wildman–Crippen MR) is 84.0 cm³/mol. The molecule has 0 spiro atoms. The summed E-state index contributed by atoms with van der Waals surface area (Å²) in [5.41, 5.74) is 9.14. The second kappa shape index (κ2) is 6.44. The van der Waals surface area contributed by atoms with Gasteiger partial charge in [0.15, 0.2) is 0 Å². The molecule has 3 nitrogen and oxygen atoms in total. The molecule has 20 heavy (non-hydrogen) atoms. The van der Waals surface area contributed by atoms with Gasteiger partial charge in [0, 0.05) is 12.1 Å². The van der Waals surface area contributed by atoms with Crippen molar-refractivity contribution < 1.29 is 4.79 Å². The molecule has 1 amide bonds. The minimum atomic E-state index is -0.0581. The van der Waals surface area contributed by atoms with Crippen molar-refractivity contribution in [3.8, 4) is 0 Å². The summed E-state index contributed by atoms with van der Waals surface area (Å²) >= 11 is 6.01. The maximum Gasteiger partial charge on any atom is 0.224 e. The third-order valence-electron chi connectivity index (χ3n) is 3.03. The maximum absolute atomic E-state index is 11.9. The van der Waals surface area contributed by atoms with E-state index in [1.807, 2.05) is 31.2 Å². The molecule has 0 saturated carbocycles. The van der Waals surface area contributed by atoms with E-state index in [1.54, 1.807) is 18.2 Å². The van der Waals surface area contributed by atoms with Gasteiger partial charge in [-0.05, 0) is 37.1 Å². The normalized spacial score (nSPS) is 10.3. The summed E-state index contributed by atoms with van der Waals surface area (Å²) in [6.07, 6.45) is 1.13. The second-order valence-electron chi connectivity index (χ2n) is 4.77. The molecule has 0 radical (unpaired) electrons. The van der Waals surface area contributed by atoms with Gasteiger partial charge in [0.25, 0.3) is 0 Å². The lowest BCUT2D eigenvalue weighted by Crippen LogP contribution is -2.12. The highest BCUT2D eigenvalue weighted by Gasteiger charge is 2.06. The van der Waals surface area contributed by atoms with Crippen LogP contribution in [-0.2, 0) is 11.2 Å². The van der Waals surface area contributed by atoms with Crippen LogP contribution in [0, 0.1) is 6.92 Å². The summed E-state index contributed by atoms with van der Waals surface area (Å²) in [5.74, 6) is -0.0581. The predicted octanol–water partition coefficient (Wildman–Crippen LogP) is 3.80. The molecule has 3 N–H and O–H groups in total. The Bertz CT molecular complexity index is 608. The summed E-state index contributed by atoms with van der Waals surface area (Å²) in [6, 6.07) is 13.2. The van der Waals surface area contributed by atoms with Gasteiger partial charge >= 0.3 is 0 Å². The third kappa shape index (κ3) is 4.00. The topological polar surface area (TPSA) is 55.1 Å². The Balaban J connectivity index is 1.90. The van der Waals surface area contributed by atoms with Crippen LogP contribution in [-0.4, -0.2) is 5.91 Å². The Kier molecular flexibility index (Phi) is 4.64. The first-order valence-electron chi connectivity index (χ1n) is 6.45. The van der Waals surface area contributed by atoms with Crippen LogP contribution in [0.2, 0.25) is 5.02 Å². The van der Waals surface area contributed by atoms with E-state index >= 15 is 0 Å². The average Bonchev–Trinajstić information content (AvgIpc) is 2.41. The number of rotatable bonds is 4. The van der Waals surface area contributed by atoms with Gasteiger partial charge < -0.3 is 11.1 Å². The quantitative estimate of drug-likeness (QED) is 0.841. The first kappa shape index (κ1) is 14.4. The molecule has 0 unspecified atom stereocenters. The molecule has 0 aliphatic carbocycles. The highest BCUT2D eigenvalue weighted by molar-refractivity contribution is 6.34. The minimum Gasteiger partial charge on any atom is -0.399 e. The van der Waals surface area contributed by atoms with Crippen LogP contribution >= 0.6 is 11.6 Å². The molecule has 0 saturated heterocycles. The van der Waals surface area contributed by atoms with Crippen molar-refractivity contribution in [3.05, 3.63) is 58.6 Å². The van der Waals surface area contributed by atoms with Gasteiger partial charge in [-0.15, -0.1) is 0 Å². The third-order valence-corrected chi connectivity index (χ3v) is 3.34. The molecule has 2 aromatic carbocycles. The zero-order chi connectivity index (χ0) is 14.5. The number of carbonyl (C=O) groups excluding carboxylic acids is 1. The Hall–Kier alpha value is -2.00. The van der Waals surface area contributed by atoms with Gasteiger partial charge in [0.1, 0.15) is 0 Å². The van der Waals surface area contributed by atoms with Gasteiger partial charge in [0.2, 0.25) is 5.91 Å². The van der Waals surface area contributed by atoms with Gasteiger partial charge in [0.05, 0.1) is 10.7 Å². The van der Waals surface area contributed by atoms with Crippen molar-refractivity contribution in [1.29, 1.82) is 0 Å². The van der Waals surface area contributed by atoms with Crippen LogP contribution in [0.4, 0.5) is 11.4 Å². The van der Waals surface area contributed by atoms with Crippen molar-refractivity contribution in [3.63, 3.8) is 0 Å². The largest absolute Gasteiger partial charge is 0.399 e. The Morgan fingerprint density at radius 3 is 2.55 bits per heavy atom. The Morgan fingerprint density at radius 1 is 1.20 bits per heavy atom. The van der Waals surface area contributed by atoms with Crippen molar-refractivity contribution in [2.75, 3.05) is 11.1 Å². The van der Waals surface area contributed by atoms with E-state index in [4.69, 9.17) is 17.3 Å². The minimum absolute atomic E-state index is 0.0581. The lowest BCUT2D eigenvalue weighted by Gasteiger charge is -2.08. The van der Waals surface area contributed by atoms with E-state index in [2.05, 4.69) is 5.32 Å². The number of nitrogens with one attached hydrogen (secondary N) is 1. The summed E-state index contributed by atoms with van der Waals surface area (Å²) < 4.78 is 0. The smallest absolute Gasteiger partial charge is 0.224 e. The van der Waals surface area contributed by atoms with E-state index < -0.39 is 0 Å². The summed E-state index contributed by atoms with van der Waals surface area (Å²) in [4.78, 5) is 11.9. The standard InChI is InChI=1S/C16H17ClN2O/c1-11-2-4-12(5-3-11)6-9-16(20)19-15-8-7-13(18)10-14(15)17/h2-5,7-8,10H,6,9,18H2,1H3,(H,19,20). The number of nitrogens with two attached hydrogens (primary N) is 1. The van der Waals surface area contributed by atoms with Gasteiger partial charge in [-0.3, -0.25) is 4.79 Å². The second-order valence-corrected chi connectivity index (χ2v) is 5.18. The molecule has 0 fully saturated rings. The average molecular weight is 289 g/mol. The van der Waals surface area contributed by atoms with Crippen molar-refractivity contribution in [2.45, 2.75) is 19.8 Å². The number of halogens is 1. The molecular formula is C16H17ClN2O. The van der Waals surface area contributed by atoms with Gasteiger partial charge in [-0.1, -0.05) is 41.4 Å². The molecule has 0 atom stereocenters. The number of amides is 1. The van der Waals surface area contributed by atoms with Crippen molar-refractivity contribution in [2.24, 2.45) is 0 Å². The Morgan fingerprint density at radius 2 is 1.90 bits per heavy atom. The molecular weight excluding hydrogens is 272 g/mol. The fourth-order valence-electron chi connectivity index (χ4n) is 1.86. The molecule has 104 valence electrons. The van der Waals surface area contributed by atoms with Crippen LogP contribution in [0.5, 0.6) is 0 Å². The van der Waals surface area contributed by atoms with Gasteiger partial charge in [-0.2, -0.15) is 0 Å². The van der Waals surface area contributed by atoms with Crippen LogP contribution in [0.1, 0.15) is 17.5 Å². The highest BCUT2D eigenvalue weighted by atomic mass is 35.5. The summed E-state index contributed by atoms with van der Waals surface area (Å²) in [5, 5.41) is 3.25. The lowest BCUT2D eigenvalue weighted by atomic mass is 10.1. The van der Waals surface area contributed by atoms with E-state index in [-0.39, 0.29) is 5.91 Å². The fraction of sp³-hybridized carbons (Fsp3) is 0.188. The molecule has 0 aromatic heterocycles. The molecule has 4 heteroatoms. The van der Waals surface area contributed by atoms with Crippen LogP contribution in [0.25, 0.3) is 0 Å². The van der Waals surface area contributed by atoms with Crippen LogP contribution < -0.4 is 11.1 Å². The highest BCUT2D eigenvalue weighted by Crippen LogP contribution is 2.24. The van der Waals surface area contributed by atoms with Crippen LogP contribution in [0.3, 0.4) is 0 Å². The van der Waals surface area contributed by atoms with E-state index in [0.717, 1.165) is 5.56 Å². The first-order valence-corrected chi connectivity index (χ1v) is 6.83. The number of anilines is 2. The van der Waals surface area contributed by atoms with E-state index in [9.17, 15) is 4.79 Å². The SMILES string of the molecule is Cc1ccc(CCC(=O)Nc2ccc(N)cc2Cl)cc1. The zero-order valence-electron chi connectivity index (χ0n) is 11.3. The molecule has 2 aromatic rings. The molecule has 0 aliphatic rings. The van der Waals surface area contributed by atoms with Gasteiger partial charge in [-0.25, -0.2) is 0 Å². The number of hydrogen-bond acceptors (Lipinski definition) is 2. The summed E-state index contributed by atoms with van der Waals surface area (Å²) in [7, 11) is 0. The van der Waals surface area contributed by atoms with E-state index in [1.165, 1.54) is 5.56 Å². The molecule has 0 aliphatic heterocycles. The molecule has 0 bridgehead atoms. The molecule has 0 heterocycles. The number of aryl methyl sites for hydroxylation is 2. The number of carbonyl (C=O) groups is 1. The number of hydrogen-bond donors (Lipinski definition) is 2. The van der Waals surface area contributed by atoms with Crippen molar-refractivity contribution in [1.82, 2.24) is 0 Å². The zero-order valence-corrected chi connectivity index (χ0v) is 12.1. The molecule has 2 rings (SSSR count). The maximum atomic E-state index is 11.9. The first-order chi connectivity index (χ1) is 9.54.